The molecule has 0 radical (unpaired) electrons. The normalized spacial score (nSPS) is 14.2. The largest absolute Gasteiger partial charge is 0.323 e. The molecule has 0 aromatic heterocycles. The number of hydrogen-bond acceptors (Lipinski definition) is 2. The van der Waals surface area contributed by atoms with Crippen LogP contribution in [0.5, 0.6) is 0 Å². The Morgan fingerprint density at radius 3 is 2.70 bits per heavy atom. The third-order valence-electron chi connectivity index (χ3n) is 3.40. The molecule has 0 saturated carbocycles. The Morgan fingerprint density at radius 1 is 1.10 bits per heavy atom. The van der Waals surface area contributed by atoms with Crippen LogP contribution in [0.4, 0.5) is 11.4 Å². The fraction of sp³-hybridized carbons (Fsp3) is 0.200. The fourth-order valence-electron chi connectivity index (χ4n) is 2.47. The SMILES string of the molecule is Cc1cccc(NS(=O)(=O)N2CCc3ccccc32)c1. The van der Waals surface area contributed by atoms with Crippen molar-refractivity contribution in [1.29, 1.82) is 0 Å². The van der Waals surface area contributed by atoms with E-state index in [2.05, 4.69) is 4.72 Å². The summed E-state index contributed by atoms with van der Waals surface area (Å²) in [5.41, 5.74) is 3.45. The van der Waals surface area contributed by atoms with Crippen molar-refractivity contribution in [3.05, 3.63) is 59.7 Å². The number of anilines is 2. The zero-order valence-corrected chi connectivity index (χ0v) is 12.0. The van der Waals surface area contributed by atoms with E-state index in [1.54, 1.807) is 6.07 Å². The summed E-state index contributed by atoms with van der Waals surface area (Å²) in [4.78, 5) is 0. The summed E-state index contributed by atoms with van der Waals surface area (Å²) in [5, 5.41) is 0. The van der Waals surface area contributed by atoms with E-state index in [1.165, 1.54) is 4.31 Å². The molecule has 5 heteroatoms. The molecule has 1 N–H and O–H groups in total. The van der Waals surface area contributed by atoms with E-state index in [0.717, 1.165) is 23.2 Å². The highest BCUT2D eigenvalue weighted by molar-refractivity contribution is 7.94. The van der Waals surface area contributed by atoms with E-state index in [1.807, 2.05) is 49.4 Å². The maximum Gasteiger partial charge on any atom is 0.323 e. The van der Waals surface area contributed by atoms with Gasteiger partial charge in [-0.25, -0.2) is 0 Å². The smallest absolute Gasteiger partial charge is 0.267 e. The fourth-order valence-corrected chi connectivity index (χ4v) is 3.77. The van der Waals surface area contributed by atoms with Crippen molar-refractivity contribution in [2.45, 2.75) is 13.3 Å². The Morgan fingerprint density at radius 2 is 1.90 bits per heavy atom. The monoisotopic (exact) mass is 288 g/mol. The minimum atomic E-state index is -3.56. The topological polar surface area (TPSA) is 49.4 Å². The number of rotatable bonds is 3. The zero-order chi connectivity index (χ0) is 14.2. The summed E-state index contributed by atoms with van der Waals surface area (Å²) in [6, 6.07) is 15.0. The Hall–Kier alpha value is -2.01. The van der Waals surface area contributed by atoms with Crippen LogP contribution in [0.3, 0.4) is 0 Å². The number of hydrogen-bond donors (Lipinski definition) is 1. The van der Waals surface area contributed by atoms with Gasteiger partial charge < -0.3 is 0 Å². The average Bonchev–Trinajstić information content (AvgIpc) is 2.82. The van der Waals surface area contributed by atoms with Crippen LogP contribution in [0.1, 0.15) is 11.1 Å². The van der Waals surface area contributed by atoms with Gasteiger partial charge in [0.15, 0.2) is 0 Å². The van der Waals surface area contributed by atoms with Crippen LogP contribution in [-0.4, -0.2) is 15.0 Å². The Balaban J connectivity index is 1.90. The second kappa shape index (κ2) is 4.83. The van der Waals surface area contributed by atoms with Crippen LogP contribution in [0.25, 0.3) is 0 Å². The lowest BCUT2D eigenvalue weighted by atomic mass is 10.2. The maximum atomic E-state index is 12.5. The second-order valence-electron chi connectivity index (χ2n) is 4.93. The Kier molecular flexibility index (Phi) is 3.14. The maximum absolute atomic E-state index is 12.5. The van der Waals surface area contributed by atoms with Crippen molar-refractivity contribution in [2.24, 2.45) is 0 Å². The van der Waals surface area contributed by atoms with Gasteiger partial charge in [0, 0.05) is 6.54 Å². The van der Waals surface area contributed by atoms with E-state index in [9.17, 15) is 8.42 Å². The van der Waals surface area contributed by atoms with E-state index < -0.39 is 10.2 Å². The minimum absolute atomic E-state index is 0.487. The lowest BCUT2D eigenvalue weighted by Gasteiger charge is -2.20. The van der Waals surface area contributed by atoms with E-state index in [-0.39, 0.29) is 0 Å². The number of nitrogens with zero attached hydrogens (tertiary/aromatic N) is 1. The molecule has 3 rings (SSSR count). The standard InChI is InChI=1S/C15H16N2O2S/c1-12-5-4-7-14(11-12)16-20(18,19)17-10-9-13-6-2-3-8-15(13)17/h2-8,11,16H,9-10H2,1H3. The zero-order valence-electron chi connectivity index (χ0n) is 11.2. The van der Waals surface area contributed by atoms with Crippen molar-refractivity contribution in [1.82, 2.24) is 0 Å². The molecular formula is C15H16N2O2S. The van der Waals surface area contributed by atoms with Crippen LogP contribution >= 0.6 is 0 Å². The quantitative estimate of drug-likeness (QED) is 0.944. The summed E-state index contributed by atoms with van der Waals surface area (Å²) in [6.45, 7) is 2.42. The van der Waals surface area contributed by atoms with Crippen LogP contribution in [0.2, 0.25) is 0 Å². The molecule has 0 fully saturated rings. The van der Waals surface area contributed by atoms with Crippen molar-refractivity contribution >= 4 is 21.6 Å². The highest BCUT2D eigenvalue weighted by atomic mass is 32.2. The van der Waals surface area contributed by atoms with Gasteiger partial charge in [0.25, 0.3) is 0 Å². The third kappa shape index (κ3) is 2.36. The summed E-state index contributed by atoms with van der Waals surface area (Å²) >= 11 is 0. The molecular weight excluding hydrogens is 272 g/mol. The highest BCUT2D eigenvalue weighted by Gasteiger charge is 2.28. The number of nitrogens with one attached hydrogen (secondary N) is 1. The van der Waals surface area contributed by atoms with E-state index in [4.69, 9.17) is 0 Å². The van der Waals surface area contributed by atoms with Gasteiger partial charge in [-0.15, -0.1) is 0 Å². The van der Waals surface area contributed by atoms with Crippen molar-refractivity contribution in [3.8, 4) is 0 Å². The second-order valence-corrected chi connectivity index (χ2v) is 6.52. The lowest BCUT2D eigenvalue weighted by molar-refractivity contribution is 0.597. The van der Waals surface area contributed by atoms with Crippen LogP contribution in [0, 0.1) is 6.92 Å². The first-order valence-corrected chi connectivity index (χ1v) is 7.95. The summed E-state index contributed by atoms with van der Waals surface area (Å²) < 4.78 is 29.1. The highest BCUT2D eigenvalue weighted by Crippen LogP contribution is 2.30. The molecule has 0 bridgehead atoms. The molecule has 0 saturated heterocycles. The van der Waals surface area contributed by atoms with Gasteiger partial charge >= 0.3 is 10.2 Å². The molecule has 2 aromatic rings. The number of fused-ring (bicyclic) bond motifs is 1. The molecule has 0 amide bonds. The first kappa shape index (κ1) is 13.0. The molecule has 104 valence electrons. The Bertz CT molecular complexity index is 741. The summed E-state index contributed by atoms with van der Waals surface area (Å²) in [5.74, 6) is 0. The summed E-state index contributed by atoms with van der Waals surface area (Å²) in [7, 11) is -3.56. The van der Waals surface area contributed by atoms with Gasteiger partial charge in [-0.2, -0.15) is 8.42 Å². The molecule has 1 heterocycles. The molecule has 4 nitrogen and oxygen atoms in total. The van der Waals surface area contributed by atoms with Gasteiger partial charge in [0.1, 0.15) is 0 Å². The Labute approximate surface area is 119 Å². The van der Waals surface area contributed by atoms with E-state index >= 15 is 0 Å². The third-order valence-corrected chi connectivity index (χ3v) is 4.85. The molecule has 0 unspecified atom stereocenters. The predicted molar refractivity (Wildman–Crippen MR) is 81.2 cm³/mol. The molecule has 2 aromatic carbocycles. The van der Waals surface area contributed by atoms with Gasteiger partial charge in [0.2, 0.25) is 0 Å². The van der Waals surface area contributed by atoms with Crippen molar-refractivity contribution < 1.29 is 8.42 Å². The summed E-state index contributed by atoms with van der Waals surface area (Å²) in [6.07, 6.45) is 0.755. The van der Waals surface area contributed by atoms with Gasteiger partial charge in [-0.05, 0) is 42.7 Å². The van der Waals surface area contributed by atoms with Gasteiger partial charge in [-0.1, -0.05) is 30.3 Å². The van der Waals surface area contributed by atoms with Crippen molar-refractivity contribution in [3.63, 3.8) is 0 Å². The molecule has 0 spiro atoms. The van der Waals surface area contributed by atoms with Crippen LogP contribution < -0.4 is 9.03 Å². The first-order chi connectivity index (χ1) is 9.56. The van der Waals surface area contributed by atoms with Crippen LogP contribution in [-0.2, 0) is 16.6 Å². The molecule has 0 atom stereocenters. The number of aryl methyl sites for hydroxylation is 1. The molecule has 1 aliphatic heterocycles. The van der Waals surface area contributed by atoms with Gasteiger partial charge in [-0.3, -0.25) is 9.03 Å². The number of benzene rings is 2. The minimum Gasteiger partial charge on any atom is -0.267 e. The molecule has 1 aliphatic rings. The lowest BCUT2D eigenvalue weighted by Crippen LogP contribution is -2.34. The van der Waals surface area contributed by atoms with Crippen LogP contribution in [0.15, 0.2) is 48.5 Å². The predicted octanol–water partition coefficient (Wildman–Crippen LogP) is 2.71. The van der Waals surface area contributed by atoms with E-state index in [0.29, 0.717) is 12.2 Å². The molecule has 20 heavy (non-hydrogen) atoms. The van der Waals surface area contributed by atoms with Gasteiger partial charge in [0.05, 0.1) is 11.4 Å². The molecule has 0 aliphatic carbocycles. The van der Waals surface area contributed by atoms with Crippen molar-refractivity contribution in [2.75, 3.05) is 15.6 Å². The average molecular weight is 288 g/mol. The number of para-hydroxylation sites is 1. The first-order valence-electron chi connectivity index (χ1n) is 6.51.